The molecule has 0 aromatic carbocycles. The maximum Gasteiger partial charge on any atom is 0.407 e. The third-order valence-electron chi connectivity index (χ3n) is 7.96. The molecule has 280 valence electrons. The molecule has 2 aliphatic rings. The van der Waals surface area contributed by atoms with Crippen LogP contribution in [0, 0.1) is 23.7 Å². The average molecular weight is 687 g/mol. The van der Waals surface area contributed by atoms with E-state index in [9.17, 15) is 29.4 Å². The fourth-order valence-electron chi connectivity index (χ4n) is 5.83. The minimum atomic E-state index is -0.571. The summed E-state index contributed by atoms with van der Waals surface area (Å²) in [5, 5.41) is 24.7. The van der Waals surface area contributed by atoms with Crippen molar-refractivity contribution in [2.45, 2.75) is 169 Å². The molecule has 0 saturated heterocycles. The van der Waals surface area contributed by atoms with Gasteiger partial charge in [-0.15, -0.1) is 0 Å². The molecule has 2 amide bonds. The number of ether oxygens (including phenoxy) is 4. The van der Waals surface area contributed by atoms with Crippen LogP contribution in [0.3, 0.4) is 0 Å². The van der Waals surface area contributed by atoms with Crippen molar-refractivity contribution in [1.29, 1.82) is 0 Å². The summed E-state index contributed by atoms with van der Waals surface area (Å²) in [5.74, 6) is -0.215. The second-order valence-electron chi connectivity index (χ2n) is 17.2. The predicted octanol–water partition coefficient (Wildman–Crippen LogP) is 6.04. The lowest BCUT2D eigenvalue weighted by Crippen LogP contribution is -2.46. The minimum Gasteiger partial charge on any atom is -0.460 e. The van der Waals surface area contributed by atoms with Crippen LogP contribution in [0.2, 0.25) is 0 Å². The molecule has 0 aromatic rings. The molecule has 2 atom stereocenters. The van der Waals surface area contributed by atoms with Gasteiger partial charge in [0.05, 0.1) is 37.1 Å². The molecule has 2 saturated carbocycles. The second-order valence-corrected chi connectivity index (χ2v) is 17.2. The van der Waals surface area contributed by atoms with Crippen LogP contribution in [0.25, 0.3) is 0 Å². The van der Waals surface area contributed by atoms with Crippen LogP contribution < -0.4 is 10.6 Å². The van der Waals surface area contributed by atoms with Gasteiger partial charge in [-0.1, -0.05) is 0 Å². The molecule has 0 aliphatic heterocycles. The van der Waals surface area contributed by atoms with Crippen LogP contribution in [0.1, 0.15) is 134 Å². The van der Waals surface area contributed by atoms with Gasteiger partial charge >= 0.3 is 24.1 Å². The maximum atomic E-state index is 12.1. The van der Waals surface area contributed by atoms with E-state index in [1.54, 1.807) is 41.5 Å². The first kappa shape index (κ1) is 43.4. The first-order chi connectivity index (χ1) is 21.8. The van der Waals surface area contributed by atoms with Crippen molar-refractivity contribution in [3.63, 3.8) is 0 Å². The normalized spacial score (nSPS) is 23.3. The van der Waals surface area contributed by atoms with Crippen LogP contribution in [0.5, 0.6) is 0 Å². The average Bonchev–Trinajstić information content (AvgIpc) is 2.91. The van der Waals surface area contributed by atoms with E-state index in [2.05, 4.69) is 10.6 Å². The zero-order chi connectivity index (χ0) is 37.1. The van der Waals surface area contributed by atoms with E-state index >= 15 is 0 Å². The number of nitrogens with one attached hydrogen (secondary N) is 2. The van der Waals surface area contributed by atoms with Gasteiger partial charge in [-0.3, -0.25) is 9.59 Å². The highest BCUT2D eigenvalue weighted by Gasteiger charge is 2.35. The largest absolute Gasteiger partial charge is 0.460 e. The van der Waals surface area contributed by atoms with Gasteiger partial charge in [0, 0.05) is 0 Å². The van der Waals surface area contributed by atoms with E-state index in [0.717, 1.165) is 25.7 Å². The summed E-state index contributed by atoms with van der Waals surface area (Å²) in [4.78, 5) is 48.0. The van der Waals surface area contributed by atoms with Crippen LogP contribution in [-0.2, 0) is 28.5 Å². The molecule has 0 spiro atoms. The summed E-state index contributed by atoms with van der Waals surface area (Å²) in [5.41, 5.74) is -2.09. The summed E-state index contributed by atoms with van der Waals surface area (Å²) in [6, 6.07) is -0.695. The molecular weight excluding hydrogens is 620 g/mol. The molecule has 12 heteroatoms. The number of aliphatic hydroxyl groups excluding tert-OH is 2. The van der Waals surface area contributed by atoms with E-state index in [1.807, 2.05) is 41.5 Å². The van der Waals surface area contributed by atoms with Crippen LogP contribution in [0.4, 0.5) is 9.59 Å². The predicted molar refractivity (Wildman–Crippen MR) is 183 cm³/mol. The quantitative estimate of drug-likeness (QED) is 0.174. The van der Waals surface area contributed by atoms with E-state index in [-0.39, 0.29) is 60.9 Å². The molecular formula is C36H66N2O10. The minimum absolute atomic E-state index is 0.0960. The van der Waals surface area contributed by atoms with Crippen molar-refractivity contribution in [2.75, 3.05) is 13.2 Å². The summed E-state index contributed by atoms with van der Waals surface area (Å²) in [7, 11) is 0. The maximum absolute atomic E-state index is 12.1. The lowest BCUT2D eigenvalue weighted by atomic mass is 9.78. The van der Waals surface area contributed by atoms with Crippen molar-refractivity contribution in [3.8, 4) is 0 Å². The van der Waals surface area contributed by atoms with E-state index in [1.165, 1.54) is 0 Å². The van der Waals surface area contributed by atoms with Crippen molar-refractivity contribution in [3.05, 3.63) is 0 Å². The summed E-state index contributed by atoms with van der Waals surface area (Å²) in [6.07, 6.45) is 4.90. The Kier molecular flexibility index (Phi) is 16.7. The molecule has 0 unspecified atom stereocenters. The van der Waals surface area contributed by atoms with Gasteiger partial charge in [0.15, 0.2) is 0 Å². The van der Waals surface area contributed by atoms with Gasteiger partial charge in [0.2, 0.25) is 0 Å². The molecule has 2 aliphatic carbocycles. The Morgan fingerprint density at radius 2 is 0.750 bits per heavy atom. The van der Waals surface area contributed by atoms with E-state index in [4.69, 9.17) is 18.9 Å². The Morgan fingerprint density at radius 3 is 0.958 bits per heavy atom. The summed E-state index contributed by atoms with van der Waals surface area (Å²) in [6.45, 7) is 21.7. The Morgan fingerprint density at radius 1 is 0.500 bits per heavy atom. The molecule has 12 nitrogen and oxygen atoms in total. The molecule has 0 heterocycles. The second kappa shape index (κ2) is 18.4. The fourth-order valence-corrected chi connectivity index (χ4v) is 5.83. The van der Waals surface area contributed by atoms with Gasteiger partial charge in [0.1, 0.15) is 22.4 Å². The molecule has 4 N–H and O–H groups in total. The number of amides is 2. The summed E-state index contributed by atoms with van der Waals surface area (Å²) < 4.78 is 21.4. The number of carbonyl (C=O) groups is 4. The Hall–Kier alpha value is -2.60. The standard InChI is InChI=1S/2C18H33NO5/c2*1-17(2,3)23-15(21)13-9-7-12(8-10-13)14(11-20)19-16(22)24-18(4,5)6/h2*12-14,20H,7-11H2,1-6H3,(H,19,22)/t2*12?,13?,14-/m11/s1. The third-order valence-corrected chi connectivity index (χ3v) is 7.96. The zero-order valence-electron chi connectivity index (χ0n) is 31.7. The lowest BCUT2D eigenvalue weighted by Gasteiger charge is -2.34. The number of hydrogen-bond acceptors (Lipinski definition) is 10. The number of esters is 2. The SMILES string of the molecule is CC(C)(C)OC(=O)N[C@H](CO)C1CCC(C(=O)OC(C)(C)C)CC1.CC(C)(C)OC(=O)N[C@H](CO)C1CCC(C(=O)OC(C)(C)C)CC1. The Balaban J connectivity index is 0.000000480. The lowest BCUT2D eigenvalue weighted by molar-refractivity contribution is -0.162. The first-order valence-corrected chi connectivity index (χ1v) is 17.5. The number of aliphatic hydroxyl groups is 2. The van der Waals surface area contributed by atoms with Gasteiger partial charge in [0.25, 0.3) is 0 Å². The monoisotopic (exact) mass is 686 g/mol. The highest BCUT2D eigenvalue weighted by Crippen LogP contribution is 2.34. The molecule has 0 radical (unpaired) electrons. The molecule has 2 fully saturated rings. The molecule has 0 bridgehead atoms. The third kappa shape index (κ3) is 18.2. The number of carbonyl (C=O) groups excluding carboxylic acids is 4. The summed E-state index contributed by atoms with van der Waals surface area (Å²) >= 11 is 0. The fraction of sp³-hybridized carbons (Fsp3) is 0.889. The Bertz CT molecular complexity index is 937. The van der Waals surface area contributed by atoms with Crippen molar-refractivity contribution in [1.82, 2.24) is 10.6 Å². The van der Waals surface area contributed by atoms with E-state index in [0.29, 0.717) is 25.7 Å². The molecule has 0 aromatic heterocycles. The first-order valence-electron chi connectivity index (χ1n) is 17.5. The highest BCUT2D eigenvalue weighted by molar-refractivity contribution is 5.73. The molecule has 2 rings (SSSR count). The number of alkyl carbamates (subject to hydrolysis) is 2. The molecule has 48 heavy (non-hydrogen) atoms. The van der Waals surface area contributed by atoms with Gasteiger partial charge in [-0.25, -0.2) is 9.59 Å². The number of hydrogen-bond donors (Lipinski definition) is 4. The van der Waals surface area contributed by atoms with Gasteiger partial charge in [-0.2, -0.15) is 0 Å². The van der Waals surface area contributed by atoms with Gasteiger partial charge < -0.3 is 39.8 Å². The van der Waals surface area contributed by atoms with Crippen LogP contribution >= 0.6 is 0 Å². The topological polar surface area (TPSA) is 170 Å². The zero-order valence-corrected chi connectivity index (χ0v) is 31.7. The smallest absolute Gasteiger partial charge is 0.407 e. The van der Waals surface area contributed by atoms with Crippen LogP contribution in [-0.4, -0.2) is 82.0 Å². The van der Waals surface area contributed by atoms with Crippen LogP contribution in [0.15, 0.2) is 0 Å². The Labute approximate surface area is 288 Å². The number of rotatable bonds is 8. The highest BCUT2D eigenvalue weighted by atomic mass is 16.6. The van der Waals surface area contributed by atoms with Crippen molar-refractivity contribution < 1.29 is 48.3 Å². The van der Waals surface area contributed by atoms with Crippen molar-refractivity contribution in [2.24, 2.45) is 23.7 Å². The van der Waals surface area contributed by atoms with Crippen molar-refractivity contribution >= 4 is 24.1 Å². The van der Waals surface area contributed by atoms with E-state index < -0.39 is 34.6 Å². The van der Waals surface area contributed by atoms with Gasteiger partial charge in [-0.05, 0) is 146 Å².